The summed E-state index contributed by atoms with van der Waals surface area (Å²) in [6, 6.07) is 16.0. The number of amides is 1. The number of anilines is 1. The first-order chi connectivity index (χ1) is 15.6. The van der Waals surface area contributed by atoms with Gasteiger partial charge in [0.25, 0.3) is 15.9 Å². The van der Waals surface area contributed by atoms with E-state index in [-0.39, 0.29) is 10.6 Å². The minimum absolute atomic E-state index is 0.00789. The van der Waals surface area contributed by atoms with Crippen LogP contribution in [0.5, 0.6) is 11.5 Å². The molecule has 0 saturated heterocycles. The molecule has 0 aromatic heterocycles. The monoisotopic (exact) mass is 487 g/mol. The molecule has 33 heavy (non-hydrogen) atoms. The van der Waals surface area contributed by atoms with Crippen molar-refractivity contribution in [1.82, 2.24) is 0 Å². The number of hydrogen-bond donors (Lipinski definition) is 0. The van der Waals surface area contributed by atoms with Crippen molar-refractivity contribution in [2.45, 2.75) is 32.6 Å². The lowest BCUT2D eigenvalue weighted by molar-refractivity contribution is -0.119. The van der Waals surface area contributed by atoms with E-state index in [2.05, 4.69) is 0 Å². The average Bonchev–Trinajstić information content (AvgIpc) is 2.77. The van der Waals surface area contributed by atoms with Crippen molar-refractivity contribution in [3.8, 4) is 11.5 Å². The topological polar surface area (TPSA) is 72.9 Å². The minimum Gasteiger partial charge on any atom is -0.494 e. The Labute approximate surface area is 199 Å². The van der Waals surface area contributed by atoms with E-state index in [4.69, 9.17) is 21.1 Å². The molecule has 3 aromatic carbocycles. The number of ether oxygens (including phenoxy) is 2. The van der Waals surface area contributed by atoms with Gasteiger partial charge in [-0.15, -0.1) is 0 Å². The van der Waals surface area contributed by atoms with E-state index in [0.717, 1.165) is 21.0 Å². The van der Waals surface area contributed by atoms with Crippen molar-refractivity contribution in [2.24, 2.45) is 0 Å². The molecule has 1 amide bonds. The molecule has 8 heteroatoms. The van der Waals surface area contributed by atoms with Crippen LogP contribution in [0, 0.1) is 20.8 Å². The quantitative estimate of drug-likeness (QED) is 0.421. The second kappa shape index (κ2) is 10.3. The third-order valence-electron chi connectivity index (χ3n) is 4.94. The Balaban J connectivity index is 1.95. The Bertz CT molecular complexity index is 1220. The van der Waals surface area contributed by atoms with Gasteiger partial charge in [-0.2, -0.15) is 4.31 Å². The summed E-state index contributed by atoms with van der Waals surface area (Å²) in [5.74, 6) is 0.275. The molecular formula is C25H26ClNO5S. The molecule has 0 bridgehead atoms. The molecule has 3 rings (SSSR count). The van der Waals surface area contributed by atoms with Gasteiger partial charge in [-0.1, -0.05) is 29.3 Å². The lowest BCUT2D eigenvalue weighted by Gasteiger charge is -2.23. The number of aryl methyl sites for hydroxylation is 3. The summed E-state index contributed by atoms with van der Waals surface area (Å²) in [5.41, 5.74) is 2.70. The molecular weight excluding hydrogens is 462 g/mol. The summed E-state index contributed by atoms with van der Waals surface area (Å²) in [4.78, 5) is 13.2. The third kappa shape index (κ3) is 5.67. The van der Waals surface area contributed by atoms with E-state index in [1.807, 2.05) is 27.7 Å². The molecule has 0 saturated carbocycles. The summed E-state index contributed by atoms with van der Waals surface area (Å²) in [6.07, 6.45) is 0. The van der Waals surface area contributed by atoms with Crippen LogP contribution in [0.25, 0.3) is 0 Å². The van der Waals surface area contributed by atoms with Crippen LogP contribution in [-0.4, -0.2) is 27.5 Å². The smallest absolute Gasteiger partial charge is 0.278 e. The lowest BCUT2D eigenvalue weighted by atomic mass is 10.1. The number of nitrogens with zero attached hydrogens (tertiary/aromatic N) is 1. The highest BCUT2D eigenvalue weighted by molar-refractivity contribution is 7.93. The first-order valence-corrected chi connectivity index (χ1v) is 12.2. The Morgan fingerprint density at radius 3 is 2.00 bits per heavy atom. The Morgan fingerprint density at radius 2 is 1.45 bits per heavy atom. The highest BCUT2D eigenvalue weighted by Crippen LogP contribution is 2.28. The third-order valence-corrected chi connectivity index (χ3v) is 7.30. The molecule has 0 aliphatic heterocycles. The van der Waals surface area contributed by atoms with Gasteiger partial charge in [0.15, 0.2) is 6.61 Å². The minimum atomic E-state index is -4.18. The van der Waals surface area contributed by atoms with Gasteiger partial charge in [-0.05, 0) is 87.4 Å². The Kier molecular flexibility index (Phi) is 7.66. The van der Waals surface area contributed by atoms with Crippen molar-refractivity contribution in [2.75, 3.05) is 17.5 Å². The van der Waals surface area contributed by atoms with Crippen molar-refractivity contribution in [3.05, 3.63) is 82.4 Å². The molecule has 3 aromatic rings. The van der Waals surface area contributed by atoms with Crippen LogP contribution in [0.4, 0.5) is 5.69 Å². The van der Waals surface area contributed by atoms with Gasteiger partial charge < -0.3 is 9.47 Å². The zero-order valence-electron chi connectivity index (χ0n) is 19.0. The lowest BCUT2D eigenvalue weighted by Crippen LogP contribution is -2.40. The molecule has 6 nitrogen and oxygen atoms in total. The molecule has 0 N–H and O–H groups in total. The van der Waals surface area contributed by atoms with Gasteiger partial charge in [0, 0.05) is 5.02 Å². The highest BCUT2D eigenvalue weighted by Gasteiger charge is 2.31. The maximum Gasteiger partial charge on any atom is 0.278 e. The SMILES string of the molecule is CCOc1ccc(N(C(=O)COc2cc(C)c(Cl)c(C)c2)S(=O)(=O)c2ccc(C)cc2)cc1. The molecule has 0 heterocycles. The number of carbonyl (C=O) groups is 1. The summed E-state index contributed by atoms with van der Waals surface area (Å²) in [5, 5.41) is 0.617. The number of hydrogen-bond acceptors (Lipinski definition) is 5. The van der Waals surface area contributed by atoms with Crippen LogP contribution in [-0.2, 0) is 14.8 Å². The van der Waals surface area contributed by atoms with E-state index >= 15 is 0 Å². The summed E-state index contributed by atoms with van der Waals surface area (Å²) >= 11 is 6.20. The Morgan fingerprint density at radius 1 is 0.879 bits per heavy atom. The van der Waals surface area contributed by atoms with Gasteiger partial charge in [0.1, 0.15) is 11.5 Å². The second-order valence-electron chi connectivity index (χ2n) is 7.56. The van der Waals surface area contributed by atoms with Crippen LogP contribution in [0.15, 0.2) is 65.6 Å². The molecule has 0 unspecified atom stereocenters. The summed E-state index contributed by atoms with van der Waals surface area (Å²) in [6.45, 7) is 7.37. The fraction of sp³-hybridized carbons (Fsp3) is 0.240. The van der Waals surface area contributed by atoms with Crippen molar-refractivity contribution in [3.63, 3.8) is 0 Å². The number of rotatable bonds is 8. The molecule has 0 spiro atoms. The average molecular weight is 488 g/mol. The number of benzene rings is 3. The normalized spacial score (nSPS) is 11.2. The predicted molar refractivity (Wildman–Crippen MR) is 130 cm³/mol. The largest absolute Gasteiger partial charge is 0.494 e. The van der Waals surface area contributed by atoms with Crippen molar-refractivity contribution < 1.29 is 22.7 Å². The van der Waals surface area contributed by atoms with Crippen LogP contribution in [0.1, 0.15) is 23.6 Å². The van der Waals surface area contributed by atoms with Gasteiger partial charge in [-0.3, -0.25) is 4.79 Å². The van der Waals surface area contributed by atoms with Crippen LogP contribution in [0.3, 0.4) is 0 Å². The number of halogens is 1. The van der Waals surface area contributed by atoms with Crippen LogP contribution < -0.4 is 13.8 Å². The fourth-order valence-corrected chi connectivity index (χ4v) is 4.79. The van der Waals surface area contributed by atoms with Crippen molar-refractivity contribution >= 4 is 33.2 Å². The molecule has 0 atom stereocenters. The van der Waals surface area contributed by atoms with Crippen LogP contribution in [0.2, 0.25) is 5.02 Å². The van der Waals surface area contributed by atoms with E-state index in [1.54, 1.807) is 36.4 Å². The first-order valence-electron chi connectivity index (χ1n) is 10.4. The molecule has 0 fully saturated rings. The van der Waals surface area contributed by atoms with E-state index in [9.17, 15) is 13.2 Å². The number of sulfonamides is 1. The molecule has 0 radical (unpaired) electrons. The van der Waals surface area contributed by atoms with Gasteiger partial charge >= 0.3 is 0 Å². The summed E-state index contributed by atoms with van der Waals surface area (Å²) < 4.78 is 38.8. The van der Waals surface area contributed by atoms with E-state index in [1.165, 1.54) is 24.3 Å². The zero-order valence-corrected chi connectivity index (χ0v) is 20.5. The van der Waals surface area contributed by atoms with Crippen molar-refractivity contribution in [1.29, 1.82) is 0 Å². The predicted octanol–water partition coefficient (Wildman–Crippen LogP) is 5.46. The van der Waals surface area contributed by atoms with E-state index in [0.29, 0.717) is 23.1 Å². The van der Waals surface area contributed by atoms with Gasteiger partial charge in [0.2, 0.25) is 0 Å². The van der Waals surface area contributed by atoms with Crippen LogP contribution >= 0.6 is 11.6 Å². The van der Waals surface area contributed by atoms with Gasteiger partial charge in [0.05, 0.1) is 17.2 Å². The van der Waals surface area contributed by atoms with E-state index < -0.39 is 22.5 Å². The molecule has 174 valence electrons. The molecule has 0 aliphatic rings. The number of carbonyl (C=O) groups excluding carboxylic acids is 1. The zero-order chi connectivity index (χ0) is 24.2. The summed E-state index contributed by atoms with van der Waals surface area (Å²) in [7, 11) is -4.18. The van der Waals surface area contributed by atoms with Gasteiger partial charge in [-0.25, -0.2) is 8.42 Å². The maximum absolute atomic E-state index is 13.5. The standard InChI is InChI=1S/C25H26ClNO5S/c1-5-31-21-10-8-20(9-11-21)27(33(29,30)23-12-6-17(2)7-13-23)24(28)16-32-22-14-18(3)25(26)19(4)15-22/h6-15H,5,16H2,1-4H3. The second-order valence-corrected chi connectivity index (χ2v) is 9.73. The maximum atomic E-state index is 13.5. The first kappa shape index (κ1) is 24.6. The Hall–Kier alpha value is -3.03. The molecule has 0 aliphatic carbocycles. The fourth-order valence-electron chi connectivity index (χ4n) is 3.27. The highest BCUT2D eigenvalue weighted by atomic mass is 35.5.